The highest BCUT2D eigenvalue weighted by Crippen LogP contribution is 2.08. The smallest absolute Gasteiger partial charge is 0.328 e. The largest absolute Gasteiger partial charge is 0.467 e. The molecule has 1 amide bonds. The summed E-state index contributed by atoms with van der Waals surface area (Å²) in [6.45, 7) is 0. The van der Waals surface area contributed by atoms with E-state index in [1.807, 2.05) is 30.3 Å². The van der Waals surface area contributed by atoms with Gasteiger partial charge in [0.2, 0.25) is 5.91 Å². The highest BCUT2D eigenvalue weighted by atomic mass is 19.1. The minimum absolute atomic E-state index is 0.178. The third kappa shape index (κ3) is 5.21. The van der Waals surface area contributed by atoms with Crippen molar-refractivity contribution in [1.29, 1.82) is 0 Å². The van der Waals surface area contributed by atoms with Crippen molar-refractivity contribution in [2.75, 3.05) is 7.11 Å². The lowest BCUT2D eigenvalue weighted by Gasteiger charge is -2.16. The number of carbonyl (C=O) groups is 2. The van der Waals surface area contributed by atoms with Crippen molar-refractivity contribution in [2.45, 2.75) is 18.9 Å². The summed E-state index contributed by atoms with van der Waals surface area (Å²) < 4.78 is 17.7. The van der Waals surface area contributed by atoms with Gasteiger partial charge >= 0.3 is 5.97 Å². The number of ether oxygens (including phenoxy) is 1. The van der Waals surface area contributed by atoms with Crippen molar-refractivity contribution in [3.8, 4) is 0 Å². The van der Waals surface area contributed by atoms with E-state index in [9.17, 15) is 14.0 Å². The molecule has 23 heavy (non-hydrogen) atoms. The molecule has 5 heteroatoms. The van der Waals surface area contributed by atoms with Gasteiger partial charge in [-0.05, 0) is 23.3 Å². The molecule has 1 N–H and O–H groups in total. The van der Waals surface area contributed by atoms with E-state index in [0.717, 1.165) is 11.1 Å². The van der Waals surface area contributed by atoms with Crippen LogP contribution in [0.25, 0.3) is 0 Å². The Kier molecular flexibility index (Phi) is 5.86. The highest BCUT2D eigenvalue weighted by molar-refractivity contribution is 5.85. The molecule has 0 heterocycles. The number of esters is 1. The van der Waals surface area contributed by atoms with Gasteiger partial charge in [-0.1, -0.05) is 42.5 Å². The van der Waals surface area contributed by atoms with E-state index in [1.165, 1.54) is 19.2 Å². The number of rotatable bonds is 6. The monoisotopic (exact) mass is 315 g/mol. The van der Waals surface area contributed by atoms with Gasteiger partial charge in [-0.2, -0.15) is 0 Å². The van der Waals surface area contributed by atoms with Gasteiger partial charge in [0.25, 0.3) is 0 Å². The Bertz CT molecular complexity index is 656. The van der Waals surface area contributed by atoms with Crippen LogP contribution in [0.15, 0.2) is 54.6 Å². The second-order valence-corrected chi connectivity index (χ2v) is 5.14. The lowest BCUT2D eigenvalue weighted by atomic mass is 10.1. The van der Waals surface area contributed by atoms with Crippen LogP contribution in [0, 0.1) is 5.82 Å². The number of carbonyl (C=O) groups excluding carboxylic acids is 2. The summed E-state index contributed by atoms with van der Waals surface area (Å²) in [6, 6.07) is 14.2. The van der Waals surface area contributed by atoms with Gasteiger partial charge in [-0.25, -0.2) is 9.18 Å². The van der Waals surface area contributed by atoms with Gasteiger partial charge in [-0.15, -0.1) is 0 Å². The third-order valence-electron chi connectivity index (χ3n) is 3.38. The molecule has 1 atom stereocenters. The van der Waals surface area contributed by atoms with Crippen LogP contribution in [-0.2, 0) is 27.2 Å². The maximum Gasteiger partial charge on any atom is 0.328 e. The van der Waals surface area contributed by atoms with Crippen LogP contribution in [0.2, 0.25) is 0 Å². The number of nitrogens with one attached hydrogen (secondary N) is 1. The molecule has 0 aromatic heterocycles. The molecule has 120 valence electrons. The van der Waals surface area contributed by atoms with E-state index in [4.69, 9.17) is 4.74 Å². The summed E-state index contributed by atoms with van der Waals surface area (Å²) >= 11 is 0. The van der Waals surface area contributed by atoms with Crippen molar-refractivity contribution in [1.82, 2.24) is 5.32 Å². The normalized spacial score (nSPS) is 11.6. The predicted octanol–water partition coefficient (Wildman–Crippen LogP) is 2.27. The van der Waals surface area contributed by atoms with E-state index in [-0.39, 0.29) is 24.6 Å². The zero-order valence-electron chi connectivity index (χ0n) is 12.8. The van der Waals surface area contributed by atoms with Crippen LogP contribution in [-0.4, -0.2) is 25.0 Å². The SMILES string of the molecule is COC(=O)[C@H](Cc1ccc(F)cc1)NC(=O)Cc1ccccc1. The van der Waals surface area contributed by atoms with Gasteiger partial charge < -0.3 is 10.1 Å². The minimum Gasteiger partial charge on any atom is -0.467 e. The number of halogens is 1. The van der Waals surface area contributed by atoms with Crippen LogP contribution >= 0.6 is 0 Å². The highest BCUT2D eigenvalue weighted by Gasteiger charge is 2.22. The van der Waals surface area contributed by atoms with Crippen molar-refractivity contribution in [3.05, 3.63) is 71.5 Å². The summed E-state index contributed by atoms with van der Waals surface area (Å²) in [7, 11) is 1.27. The average molecular weight is 315 g/mol. The third-order valence-corrected chi connectivity index (χ3v) is 3.38. The zero-order valence-corrected chi connectivity index (χ0v) is 12.8. The topological polar surface area (TPSA) is 55.4 Å². The maximum absolute atomic E-state index is 12.9. The molecule has 0 saturated heterocycles. The molecule has 0 aliphatic rings. The first-order valence-corrected chi connectivity index (χ1v) is 7.24. The molecular formula is C18H18FNO3. The molecule has 0 spiro atoms. The van der Waals surface area contributed by atoms with Crippen molar-refractivity contribution >= 4 is 11.9 Å². The number of hydrogen-bond donors (Lipinski definition) is 1. The van der Waals surface area contributed by atoms with Gasteiger partial charge in [0.1, 0.15) is 11.9 Å². The van der Waals surface area contributed by atoms with Crippen LogP contribution < -0.4 is 5.32 Å². The molecule has 4 nitrogen and oxygen atoms in total. The molecule has 0 aliphatic carbocycles. The Morgan fingerprint density at radius 2 is 1.70 bits per heavy atom. The van der Waals surface area contributed by atoms with E-state index in [0.29, 0.717) is 0 Å². The van der Waals surface area contributed by atoms with Crippen molar-refractivity contribution < 1.29 is 18.7 Å². The number of hydrogen-bond acceptors (Lipinski definition) is 3. The van der Waals surface area contributed by atoms with E-state index in [2.05, 4.69) is 5.32 Å². The van der Waals surface area contributed by atoms with E-state index >= 15 is 0 Å². The summed E-state index contributed by atoms with van der Waals surface area (Å²) in [5.74, 6) is -1.15. The first-order chi connectivity index (χ1) is 11.1. The van der Waals surface area contributed by atoms with Crippen molar-refractivity contribution in [2.24, 2.45) is 0 Å². The lowest BCUT2D eigenvalue weighted by molar-refractivity contribution is -0.145. The van der Waals surface area contributed by atoms with Crippen molar-refractivity contribution in [3.63, 3.8) is 0 Å². The van der Waals surface area contributed by atoms with Gasteiger partial charge in [0.05, 0.1) is 13.5 Å². The van der Waals surface area contributed by atoms with Gasteiger partial charge in [-0.3, -0.25) is 4.79 Å². The molecule has 0 aliphatic heterocycles. The Morgan fingerprint density at radius 3 is 2.30 bits per heavy atom. The number of benzene rings is 2. The maximum atomic E-state index is 12.9. The van der Waals surface area contributed by atoms with E-state index in [1.54, 1.807) is 12.1 Å². The number of amides is 1. The first kappa shape index (κ1) is 16.7. The summed E-state index contributed by atoms with van der Waals surface area (Å²) in [5, 5.41) is 2.67. The second kappa shape index (κ2) is 8.08. The van der Waals surface area contributed by atoms with Crippen LogP contribution in [0.1, 0.15) is 11.1 Å². The molecular weight excluding hydrogens is 297 g/mol. The average Bonchev–Trinajstić information content (AvgIpc) is 2.56. The fourth-order valence-electron chi connectivity index (χ4n) is 2.22. The molecule has 2 aromatic carbocycles. The lowest BCUT2D eigenvalue weighted by Crippen LogP contribution is -2.43. The summed E-state index contributed by atoms with van der Waals surface area (Å²) in [6.07, 6.45) is 0.422. The minimum atomic E-state index is -0.804. The number of methoxy groups -OCH3 is 1. The molecule has 0 fully saturated rings. The molecule has 2 aromatic rings. The fourth-order valence-corrected chi connectivity index (χ4v) is 2.22. The van der Waals surface area contributed by atoms with Crippen LogP contribution in [0.5, 0.6) is 0 Å². The fraction of sp³-hybridized carbons (Fsp3) is 0.222. The Labute approximate surface area is 134 Å². The molecule has 0 radical (unpaired) electrons. The zero-order chi connectivity index (χ0) is 16.7. The Morgan fingerprint density at radius 1 is 1.04 bits per heavy atom. The standard InChI is InChI=1S/C18H18FNO3/c1-23-18(22)16(11-14-7-9-15(19)10-8-14)20-17(21)12-13-5-3-2-4-6-13/h2-10,16H,11-12H2,1H3,(H,20,21)/t16-/m0/s1. The van der Waals surface area contributed by atoms with Crippen LogP contribution in [0.3, 0.4) is 0 Å². The Balaban J connectivity index is 2.02. The van der Waals surface area contributed by atoms with Gasteiger partial charge in [0.15, 0.2) is 0 Å². The molecule has 0 saturated carbocycles. The molecule has 0 unspecified atom stereocenters. The van der Waals surface area contributed by atoms with Gasteiger partial charge in [0, 0.05) is 6.42 Å². The first-order valence-electron chi connectivity index (χ1n) is 7.24. The predicted molar refractivity (Wildman–Crippen MR) is 84.2 cm³/mol. The summed E-state index contributed by atoms with van der Waals surface area (Å²) in [4.78, 5) is 24.0. The van der Waals surface area contributed by atoms with Crippen LogP contribution in [0.4, 0.5) is 4.39 Å². The van der Waals surface area contributed by atoms with E-state index < -0.39 is 12.0 Å². The summed E-state index contributed by atoms with van der Waals surface area (Å²) in [5.41, 5.74) is 1.59. The Hall–Kier alpha value is -2.69. The molecule has 2 rings (SSSR count). The quantitative estimate of drug-likeness (QED) is 0.832. The second-order valence-electron chi connectivity index (χ2n) is 5.14. The molecule has 0 bridgehead atoms.